The van der Waals surface area contributed by atoms with E-state index in [0.717, 1.165) is 22.8 Å². The molecule has 0 aliphatic carbocycles. The largest absolute Gasteiger partial charge is 0.337 e. The van der Waals surface area contributed by atoms with Crippen LogP contribution in [0.4, 0.5) is 10.5 Å². The van der Waals surface area contributed by atoms with Crippen LogP contribution in [0.1, 0.15) is 18.2 Å². The molecule has 2 aromatic heterocycles. The number of rotatable bonds is 6. The van der Waals surface area contributed by atoms with Gasteiger partial charge in [-0.1, -0.05) is 29.8 Å². The van der Waals surface area contributed by atoms with E-state index in [0.29, 0.717) is 18.7 Å². The molecule has 0 bridgehead atoms. The van der Waals surface area contributed by atoms with Gasteiger partial charge in [-0.25, -0.2) is 9.78 Å². The first kappa shape index (κ1) is 17.2. The van der Waals surface area contributed by atoms with Crippen LogP contribution >= 0.6 is 11.3 Å². The lowest BCUT2D eigenvalue weighted by molar-refractivity contribution is 0.252. The van der Waals surface area contributed by atoms with Crippen LogP contribution in [-0.2, 0) is 13.0 Å². The highest BCUT2D eigenvalue weighted by Gasteiger charge is 2.06. The number of anilines is 1. The van der Waals surface area contributed by atoms with Gasteiger partial charge in [0.2, 0.25) is 0 Å². The van der Waals surface area contributed by atoms with Gasteiger partial charge in [-0.2, -0.15) is 5.10 Å². The summed E-state index contributed by atoms with van der Waals surface area (Å²) in [6.07, 6.45) is 4.13. The lowest BCUT2D eigenvalue weighted by atomic mass is 10.2. The van der Waals surface area contributed by atoms with Crippen LogP contribution < -0.4 is 10.6 Å². The quantitative estimate of drug-likeness (QED) is 0.708. The molecule has 2 amide bonds. The monoisotopic (exact) mass is 355 g/mol. The van der Waals surface area contributed by atoms with E-state index in [4.69, 9.17) is 0 Å². The molecule has 0 aliphatic rings. The first-order valence-corrected chi connectivity index (χ1v) is 9.11. The van der Waals surface area contributed by atoms with E-state index in [1.165, 1.54) is 5.56 Å². The molecule has 0 aliphatic heterocycles. The Balaban J connectivity index is 1.47. The number of nitrogens with one attached hydrogen (secondary N) is 2. The summed E-state index contributed by atoms with van der Waals surface area (Å²) in [5, 5.41) is 12.8. The number of aromatic nitrogens is 3. The number of nitrogens with zero attached hydrogens (tertiary/aromatic N) is 3. The maximum atomic E-state index is 11.9. The van der Waals surface area contributed by atoms with E-state index in [2.05, 4.69) is 51.9 Å². The number of thiazole rings is 1. The molecule has 3 aromatic rings. The standard InChI is InChI=1S/C18H21N5OS/c1-3-23-11-16(10-20-23)22-18(24)19-9-8-15-12-25-17(21-15)14-6-4-13(2)5-7-14/h4-7,10-12H,3,8-9H2,1-2H3,(H2,19,22,24). The van der Waals surface area contributed by atoms with Crippen molar-refractivity contribution >= 4 is 23.1 Å². The molecule has 0 radical (unpaired) electrons. The zero-order valence-electron chi connectivity index (χ0n) is 14.3. The van der Waals surface area contributed by atoms with E-state index in [-0.39, 0.29) is 6.03 Å². The summed E-state index contributed by atoms with van der Waals surface area (Å²) >= 11 is 1.62. The van der Waals surface area contributed by atoms with Gasteiger partial charge in [0.1, 0.15) is 5.01 Å². The van der Waals surface area contributed by atoms with E-state index < -0.39 is 0 Å². The molecule has 1 aromatic carbocycles. The SMILES string of the molecule is CCn1cc(NC(=O)NCCc2csc(-c3ccc(C)cc3)n2)cn1. The Labute approximate surface area is 150 Å². The number of carbonyl (C=O) groups is 1. The van der Waals surface area contributed by atoms with E-state index >= 15 is 0 Å². The Morgan fingerprint density at radius 1 is 1.28 bits per heavy atom. The minimum absolute atomic E-state index is 0.232. The molecular formula is C18H21N5OS. The Morgan fingerprint density at radius 2 is 2.08 bits per heavy atom. The van der Waals surface area contributed by atoms with Crippen molar-refractivity contribution in [3.63, 3.8) is 0 Å². The highest BCUT2D eigenvalue weighted by Crippen LogP contribution is 2.24. The normalized spacial score (nSPS) is 10.6. The fourth-order valence-corrected chi connectivity index (χ4v) is 3.19. The maximum absolute atomic E-state index is 11.9. The highest BCUT2D eigenvalue weighted by atomic mass is 32.1. The van der Waals surface area contributed by atoms with Gasteiger partial charge in [0.05, 0.1) is 17.6 Å². The molecule has 0 atom stereocenters. The van der Waals surface area contributed by atoms with Crippen molar-refractivity contribution in [3.8, 4) is 10.6 Å². The summed E-state index contributed by atoms with van der Waals surface area (Å²) in [6.45, 7) is 5.37. The van der Waals surface area contributed by atoms with Crippen molar-refractivity contribution in [2.45, 2.75) is 26.8 Å². The van der Waals surface area contributed by atoms with Crippen LogP contribution in [-0.4, -0.2) is 27.3 Å². The molecule has 0 fully saturated rings. The number of benzene rings is 1. The van der Waals surface area contributed by atoms with Gasteiger partial charge >= 0.3 is 6.03 Å². The Hall–Kier alpha value is -2.67. The van der Waals surface area contributed by atoms with E-state index in [9.17, 15) is 4.79 Å². The number of amides is 2. The molecule has 2 heterocycles. The number of urea groups is 1. The fraction of sp³-hybridized carbons (Fsp3) is 0.278. The van der Waals surface area contributed by atoms with Gasteiger partial charge in [0.25, 0.3) is 0 Å². The molecule has 2 N–H and O–H groups in total. The third-order valence-electron chi connectivity index (χ3n) is 3.73. The van der Waals surface area contributed by atoms with Crippen molar-refractivity contribution in [2.75, 3.05) is 11.9 Å². The molecule has 130 valence electrons. The second-order valence-corrected chi connectivity index (χ2v) is 6.58. The highest BCUT2D eigenvalue weighted by molar-refractivity contribution is 7.13. The van der Waals surface area contributed by atoms with Crippen molar-refractivity contribution in [1.29, 1.82) is 0 Å². The average molecular weight is 355 g/mol. The summed E-state index contributed by atoms with van der Waals surface area (Å²) in [5.74, 6) is 0. The molecule has 0 spiro atoms. The molecule has 3 rings (SSSR count). The van der Waals surface area contributed by atoms with Crippen molar-refractivity contribution in [1.82, 2.24) is 20.1 Å². The summed E-state index contributed by atoms with van der Waals surface area (Å²) in [6, 6.07) is 8.11. The summed E-state index contributed by atoms with van der Waals surface area (Å²) < 4.78 is 1.76. The minimum Gasteiger partial charge on any atom is -0.337 e. The third kappa shape index (κ3) is 4.67. The van der Waals surface area contributed by atoms with Gasteiger partial charge in [0.15, 0.2) is 0 Å². The predicted molar refractivity (Wildman–Crippen MR) is 101 cm³/mol. The molecule has 6 nitrogen and oxygen atoms in total. The lowest BCUT2D eigenvalue weighted by Gasteiger charge is -2.04. The van der Waals surface area contributed by atoms with Gasteiger partial charge < -0.3 is 10.6 Å². The van der Waals surface area contributed by atoms with Crippen LogP contribution in [0, 0.1) is 6.92 Å². The van der Waals surface area contributed by atoms with Gasteiger partial charge in [-0.15, -0.1) is 11.3 Å². The maximum Gasteiger partial charge on any atom is 0.319 e. The van der Waals surface area contributed by atoms with Crippen LogP contribution in [0.15, 0.2) is 42.0 Å². The number of hydrogen-bond donors (Lipinski definition) is 2. The van der Waals surface area contributed by atoms with Crippen molar-refractivity contribution in [2.24, 2.45) is 0 Å². The molecule has 25 heavy (non-hydrogen) atoms. The fourth-order valence-electron chi connectivity index (χ4n) is 2.33. The molecular weight excluding hydrogens is 334 g/mol. The zero-order valence-corrected chi connectivity index (χ0v) is 15.1. The Bertz CT molecular complexity index is 837. The summed E-state index contributed by atoms with van der Waals surface area (Å²) in [4.78, 5) is 16.5. The van der Waals surface area contributed by atoms with Crippen LogP contribution in [0.2, 0.25) is 0 Å². The van der Waals surface area contributed by atoms with E-state index in [1.807, 2.05) is 12.3 Å². The second-order valence-electron chi connectivity index (χ2n) is 5.73. The summed E-state index contributed by atoms with van der Waals surface area (Å²) in [7, 11) is 0. The van der Waals surface area contributed by atoms with Crippen LogP contribution in [0.25, 0.3) is 10.6 Å². The molecule has 0 saturated carbocycles. The Kier molecular flexibility index (Phi) is 5.45. The van der Waals surface area contributed by atoms with Crippen molar-refractivity contribution in [3.05, 3.63) is 53.3 Å². The second kappa shape index (κ2) is 7.94. The minimum atomic E-state index is -0.232. The molecule has 0 unspecified atom stereocenters. The van der Waals surface area contributed by atoms with Crippen molar-refractivity contribution < 1.29 is 4.79 Å². The number of hydrogen-bond acceptors (Lipinski definition) is 4. The number of carbonyl (C=O) groups excluding carboxylic acids is 1. The zero-order chi connectivity index (χ0) is 17.6. The predicted octanol–water partition coefficient (Wildman–Crippen LogP) is 3.70. The van der Waals surface area contributed by atoms with Gasteiger partial charge in [0, 0.05) is 36.7 Å². The first-order valence-electron chi connectivity index (χ1n) is 8.23. The van der Waals surface area contributed by atoms with Gasteiger partial charge in [-0.05, 0) is 13.8 Å². The van der Waals surface area contributed by atoms with Crippen LogP contribution in [0.3, 0.4) is 0 Å². The summed E-state index contributed by atoms with van der Waals surface area (Å²) in [5.41, 5.74) is 4.04. The van der Waals surface area contributed by atoms with E-state index in [1.54, 1.807) is 28.4 Å². The van der Waals surface area contributed by atoms with Crippen LogP contribution in [0.5, 0.6) is 0 Å². The first-order chi connectivity index (χ1) is 12.1. The lowest BCUT2D eigenvalue weighted by Crippen LogP contribution is -2.30. The Morgan fingerprint density at radius 3 is 2.80 bits per heavy atom. The number of aryl methyl sites for hydroxylation is 2. The smallest absolute Gasteiger partial charge is 0.319 e. The molecule has 0 saturated heterocycles. The third-order valence-corrected chi connectivity index (χ3v) is 4.67. The van der Waals surface area contributed by atoms with Gasteiger partial charge in [-0.3, -0.25) is 4.68 Å². The average Bonchev–Trinajstić information content (AvgIpc) is 3.25. The topological polar surface area (TPSA) is 71.8 Å². The molecule has 7 heteroatoms.